The SMILES string of the molecule is CC(=O)N(C1=C(N2CCCCC2)C(=O)c2ccccc2C1=O)C1CCCCC1. The molecule has 0 N–H and O–H groups in total. The van der Waals surface area contributed by atoms with Crippen LogP contribution in [0.15, 0.2) is 35.7 Å². The number of benzene rings is 1. The summed E-state index contributed by atoms with van der Waals surface area (Å²) >= 11 is 0. The molecule has 4 rings (SSSR count). The molecule has 1 amide bonds. The first-order chi connectivity index (χ1) is 13.6. The maximum Gasteiger partial charge on any atom is 0.224 e. The number of nitrogens with zero attached hydrogens (tertiary/aromatic N) is 2. The van der Waals surface area contributed by atoms with Gasteiger partial charge in [-0.15, -0.1) is 0 Å². The molecule has 5 heteroatoms. The third-order valence-electron chi connectivity index (χ3n) is 6.26. The van der Waals surface area contributed by atoms with Gasteiger partial charge in [-0.2, -0.15) is 0 Å². The van der Waals surface area contributed by atoms with Gasteiger partial charge in [0.05, 0.1) is 0 Å². The standard InChI is InChI=1S/C23H28N2O3/c1-16(26)25(17-10-4-2-5-11-17)21-20(24-14-8-3-9-15-24)22(27)18-12-6-7-13-19(18)23(21)28/h6-7,12-13,17H,2-5,8-11,14-15H2,1H3. The van der Waals surface area contributed by atoms with E-state index in [4.69, 9.17) is 0 Å². The van der Waals surface area contributed by atoms with Crippen molar-refractivity contribution in [2.45, 2.75) is 64.3 Å². The molecule has 0 atom stereocenters. The molecule has 148 valence electrons. The van der Waals surface area contributed by atoms with Gasteiger partial charge in [0.25, 0.3) is 0 Å². The van der Waals surface area contributed by atoms with Gasteiger partial charge in [0.1, 0.15) is 11.4 Å². The number of carbonyl (C=O) groups excluding carboxylic acids is 3. The second kappa shape index (κ2) is 7.90. The van der Waals surface area contributed by atoms with Crippen molar-refractivity contribution in [1.82, 2.24) is 9.80 Å². The van der Waals surface area contributed by atoms with E-state index < -0.39 is 0 Å². The zero-order chi connectivity index (χ0) is 19.7. The van der Waals surface area contributed by atoms with E-state index in [2.05, 4.69) is 0 Å². The summed E-state index contributed by atoms with van der Waals surface area (Å²) in [6, 6.07) is 7.03. The monoisotopic (exact) mass is 380 g/mol. The number of ketones is 2. The molecule has 0 unspecified atom stereocenters. The number of rotatable bonds is 3. The highest BCUT2D eigenvalue weighted by Crippen LogP contribution is 2.35. The van der Waals surface area contributed by atoms with Crippen molar-refractivity contribution in [3.63, 3.8) is 0 Å². The van der Waals surface area contributed by atoms with Crippen molar-refractivity contribution >= 4 is 17.5 Å². The lowest BCUT2D eigenvalue weighted by Gasteiger charge is -2.40. The van der Waals surface area contributed by atoms with Gasteiger partial charge in [-0.1, -0.05) is 43.5 Å². The van der Waals surface area contributed by atoms with E-state index in [-0.39, 0.29) is 23.5 Å². The first-order valence-electron chi connectivity index (χ1n) is 10.6. The molecule has 0 spiro atoms. The Labute approximate surface area is 166 Å². The molecule has 0 aromatic heterocycles. The van der Waals surface area contributed by atoms with Crippen LogP contribution in [0.5, 0.6) is 0 Å². The lowest BCUT2D eigenvalue weighted by molar-refractivity contribution is -0.129. The predicted octanol–water partition coefficient (Wildman–Crippen LogP) is 3.94. The second-order valence-electron chi connectivity index (χ2n) is 8.13. The van der Waals surface area contributed by atoms with Crippen molar-refractivity contribution in [1.29, 1.82) is 0 Å². The number of likely N-dealkylation sites (tertiary alicyclic amines) is 1. The molecule has 5 nitrogen and oxygen atoms in total. The van der Waals surface area contributed by atoms with Crippen molar-refractivity contribution in [3.8, 4) is 0 Å². The molecular weight excluding hydrogens is 352 g/mol. The fraction of sp³-hybridized carbons (Fsp3) is 0.522. The van der Waals surface area contributed by atoms with Crippen LogP contribution in [-0.2, 0) is 4.79 Å². The molecule has 28 heavy (non-hydrogen) atoms. The minimum atomic E-state index is -0.184. The third-order valence-corrected chi connectivity index (χ3v) is 6.26. The summed E-state index contributed by atoms with van der Waals surface area (Å²) in [4.78, 5) is 43.5. The van der Waals surface area contributed by atoms with Crippen LogP contribution >= 0.6 is 0 Å². The zero-order valence-electron chi connectivity index (χ0n) is 16.6. The van der Waals surface area contributed by atoms with Gasteiger partial charge in [0.2, 0.25) is 17.5 Å². The van der Waals surface area contributed by atoms with Gasteiger partial charge in [-0.3, -0.25) is 14.4 Å². The van der Waals surface area contributed by atoms with Crippen LogP contribution < -0.4 is 0 Å². The molecule has 1 aromatic rings. The summed E-state index contributed by atoms with van der Waals surface area (Å²) < 4.78 is 0. The molecule has 2 aliphatic carbocycles. The van der Waals surface area contributed by atoms with Crippen LogP contribution in [0.2, 0.25) is 0 Å². The van der Waals surface area contributed by atoms with Gasteiger partial charge in [-0.05, 0) is 32.1 Å². The Morgan fingerprint density at radius 3 is 2.07 bits per heavy atom. The highest BCUT2D eigenvalue weighted by Gasteiger charge is 2.41. The Balaban J connectivity index is 1.87. The summed E-state index contributed by atoms with van der Waals surface area (Å²) in [5.74, 6) is -0.442. The van der Waals surface area contributed by atoms with Crippen LogP contribution in [-0.4, -0.2) is 46.4 Å². The van der Waals surface area contributed by atoms with Crippen LogP contribution in [0.1, 0.15) is 79.0 Å². The molecule has 1 saturated carbocycles. The maximum atomic E-state index is 13.6. The molecule has 1 aromatic carbocycles. The van der Waals surface area contributed by atoms with E-state index in [1.165, 1.54) is 6.92 Å². The van der Waals surface area contributed by atoms with E-state index in [1.54, 1.807) is 29.2 Å². The maximum absolute atomic E-state index is 13.6. The molecule has 1 aliphatic heterocycles. The number of hydrogen-bond donors (Lipinski definition) is 0. The quantitative estimate of drug-likeness (QED) is 0.797. The van der Waals surface area contributed by atoms with Gasteiger partial charge in [0, 0.05) is 37.2 Å². The first-order valence-corrected chi connectivity index (χ1v) is 10.6. The molecule has 1 saturated heterocycles. The number of piperidine rings is 1. The Morgan fingerprint density at radius 2 is 1.46 bits per heavy atom. The fourth-order valence-corrected chi connectivity index (χ4v) is 4.92. The van der Waals surface area contributed by atoms with Crippen molar-refractivity contribution in [3.05, 3.63) is 46.8 Å². The van der Waals surface area contributed by atoms with Crippen LogP contribution in [0.25, 0.3) is 0 Å². The average molecular weight is 380 g/mol. The van der Waals surface area contributed by atoms with E-state index >= 15 is 0 Å². The summed E-state index contributed by atoms with van der Waals surface area (Å²) in [7, 11) is 0. The Hall–Kier alpha value is -2.43. The number of hydrogen-bond acceptors (Lipinski definition) is 4. The first kappa shape index (κ1) is 18.9. The smallest absolute Gasteiger partial charge is 0.224 e. The fourth-order valence-electron chi connectivity index (χ4n) is 4.92. The van der Waals surface area contributed by atoms with Crippen molar-refractivity contribution in [2.75, 3.05) is 13.1 Å². The van der Waals surface area contributed by atoms with E-state index in [9.17, 15) is 14.4 Å². The van der Waals surface area contributed by atoms with E-state index in [0.717, 1.165) is 64.5 Å². The molecule has 2 fully saturated rings. The number of Topliss-reactive ketones (excluding diaryl/α,β-unsaturated/α-hetero) is 2. The van der Waals surface area contributed by atoms with E-state index in [0.29, 0.717) is 22.5 Å². The van der Waals surface area contributed by atoms with Crippen LogP contribution in [0.4, 0.5) is 0 Å². The largest absolute Gasteiger partial charge is 0.367 e. The predicted molar refractivity (Wildman–Crippen MR) is 107 cm³/mol. The molecular formula is C23H28N2O3. The summed E-state index contributed by atoms with van der Waals surface area (Å²) in [5.41, 5.74) is 1.66. The number of allylic oxidation sites excluding steroid dienone is 2. The molecule has 0 bridgehead atoms. The topological polar surface area (TPSA) is 57.7 Å². The molecule has 1 heterocycles. The Bertz CT molecular complexity index is 830. The third kappa shape index (κ3) is 3.27. The van der Waals surface area contributed by atoms with Crippen molar-refractivity contribution < 1.29 is 14.4 Å². The minimum Gasteiger partial charge on any atom is -0.367 e. The number of fused-ring (bicyclic) bond motifs is 1. The summed E-state index contributed by atoms with van der Waals surface area (Å²) in [6.07, 6.45) is 8.19. The second-order valence-corrected chi connectivity index (χ2v) is 8.13. The summed E-state index contributed by atoms with van der Waals surface area (Å²) in [6.45, 7) is 3.04. The van der Waals surface area contributed by atoms with Crippen LogP contribution in [0, 0.1) is 0 Å². The van der Waals surface area contributed by atoms with Gasteiger partial charge < -0.3 is 9.80 Å². The molecule has 0 radical (unpaired) electrons. The summed E-state index contributed by atoms with van der Waals surface area (Å²) in [5, 5.41) is 0. The Kier molecular flexibility index (Phi) is 5.33. The van der Waals surface area contributed by atoms with Crippen LogP contribution in [0.3, 0.4) is 0 Å². The zero-order valence-corrected chi connectivity index (χ0v) is 16.6. The highest BCUT2D eigenvalue weighted by molar-refractivity contribution is 6.27. The van der Waals surface area contributed by atoms with Gasteiger partial charge in [-0.25, -0.2) is 0 Å². The average Bonchev–Trinajstić information content (AvgIpc) is 2.73. The van der Waals surface area contributed by atoms with Gasteiger partial charge >= 0.3 is 0 Å². The Morgan fingerprint density at radius 1 is 0.893 bits per heavy atom. The minimum absolute atomic E-state index is 0.00283. The van der Waals surface area contributed by atoms with Crippen molar-refractivity contribution in [2.24, 2.45) is 0 Å². The normalized spacial score (nSPS) is 21.0. The lowest BCUT2D eigenvalue weighted by atomic mass is 9.86. The van der Waals surface area contributed by atoms with E-state index in [1.807, 2.05) is 4.90 Å². The number of amides is 1. The molecule has 3 aliphatic rings. The highest BCUT2D eigenvalue weighted by atomic mass is 16.2. The van der Waals surface area contributed by atoms with Gasteiger partial charge in [0.15, 0.2) is 0 Å². The number of carbonyl (C=O) groups is 3. The lowest BCUT2D eigenvalue weighted by Crippen LogP contribution is -2.47.